The fourth-order valence-electron chi connectivity index (χ4n) is 15.2. The van der Waals surface area contributed by atoms with Crippen LogP contribution in [0.1, 0.15) is 70.4 Å². The van der Waals surface area contributed by atoms with Crippen molar-refractivity contribution in [2.24, 2.45) is 17.8 Å². The molecule has 17 rings (SSSR count). The molecule has 4 fully saturated rings. The van der Waals surface area contributed by atoms with E-state index in [1.54, 1.807) is 0 Å². The fraction of sp³-hybridized carbons (Fsp3) is 0.179. The minimum atomic E-state index is -0.0583. The van der Waals surface area contributed by atoms with Crippen molar-refractivity contribution in [1.82, 2.24) is 14.0 Å². The molecule has 4 saturated carbocycles. The van der Waals surface area contributed by atoms with Gasteiger partial charge in [0.25, 0.3) is 6.33 Å². The van der Waals surface area contributed by atoms with Crippen molar-refractivity contribution in [2.75, 3.05) is 0 Å². The van der Waals surface area contributed by atoms with Crippen molar-refractivity contribution in [3.05, 3.63) is 260 Å². The fourth-order valence-corrected chi connectivity index (χ4v) is 15.2. The average molecular weight is 1280 g/mol. The summed E-state index contributed by atoms with van der Waals surface area (Å²) in [7, 11) is 0. The smallest absolute Gasteiger partial charge is 0.272 e. The number of benzene rings is 9. The number of nitrogens with zero attached hydrogens (tertiary/aromatic N) is 4. The van der Waals surface area contributed by atoms with Crippen molar-refractivity contribution >= 4 is 27.5 Å². The Morgan fingerprint density at radius 1 is 0.565 bits per heavy atom. The number of ether oxygens (including phenoxy) is 1. The van der Waals surface area contributed by atoms with Gasteiger partial charge in [-0.2, -0.15) is 6.07 Å². The van der Waals surface area contributed by atoms with Crippen LogP contribution in [0.4, 0.5) is 0 Å². The first kappa shape index (κ1) is 52.9. The van der Waals surface area contributed by atoms with Crippen molar-refractivity contribution in [2.45, 2.75) is 70.1 Å². The number of hydrogen-bond acceptors (Lipinski definition) is 3. The van der Waals surface area contributed by atoms with E-state index in [0.29, 0.717) is 17.2 Å². The summed E-state index contributed by atoms with van der Waals surface area (Å²) in [4.78, 5) is 5.06. The van der Waals surface area contributed by atoms with E-state index in [2.05, 4.69) is 259 Å². The van der Waals surface area contributed by atoms with Crippen LogP contribution in [0.5, 0.6) is 11.5 Å². The van der Waals surface area contributed by atoms with E-state index in [0.717, 1.165) is 113 Å². The van der Waals surface area contributed by atoms with Crippen LogP contribution in [0.2, 0.25) is 0 Å². The second-order valence-corrected chi connectivity index (χ2v) is 25.0. The van der Waals surface area contributed by atoms with Gasteiger partial charge < -0.3 is 13.7 Å². The summed E-state index contributed by atoms with van der Waals surface area (Å²) in [5.41, 5.74) is 18.7. The van der Waals surface area contributed by atoms with Crippen LogP contribution < -0.4 is 9.30 Å². The van der Waals surface area contributed by atoms with Crippen LogP contribution in [0.25, 0.3) is 106 Å². The molecule has 0 radical (unpaired) electrons. The molecular formula is C78H62N4O2Pt-2. The van der Waals surface area contributed by atoms with Gasteiger partial charge in [0.05, 0.1) is 17.6 Å². The number of para-hydroxylation sites is 1. The first-order chi connectivity index (χ1) is 41.2. The number of rotatable bonds is 11. The second-order valence-electron chi connectivity index (χ2n) is 25.0. The van der Waals surface area contributed by atoms with Crippen LogP contribution in [-0.2, 0) is 31.9 Å². The SMILES string of the molecule is CC(C)(C)c1ccnc(-n2c3[c-]c(Oc4[c-]c(-c5coc6c(-c7c(-c8ccccc8)cccc7-c7ccccc7)[n+](-c7c(-c8ccccc8)cccc7-c7ccccc7)[c-]n56)ccc4)ccc3c3cc(C45CC6CC(CC(C6)C4)C5)ccc32)c1.[Pt]. The van der Waals surface area contributed by atoms with Gasteiger partial charge in [-0.15, -0.1) is 35.7 Å². The van der Waals surface area contributed by atoms with Gasteiger partial charge in [0, 0.05) is 49.8 Å². The van der Waals surface area contributed by atoms with Crippen molar-refractivity contribution in [3.8, 4) is 90.0 Å². The molecule has 0 N–H and O–H groups in total. The van der Waals surface area contributed by atoms with Crippen LogP contribution in [0, 0.1) is 36.2 Å². The van der Waals surface area contributed by atoms with E-state index in [-0.39, 0.29) is 31.9 Å². The predicted octanol–water partition coefficient (Wildman–Crippen LogP) is 19.3. The molecule has 4 bridgehead atoms. The van der Waals surface area contributed by atoms with Crippen LogP contribution >= 0.6 is 0 Å². The third-order valence-corrected chi connectivity index (χ3v) is 18.7. The zero-order valence-corrected chi connectivity index (χ0v) is 50.1. The molecule has 418 valence electrons. The summed E-state index contributed by atoms with van der Waals surface area (Å²) in [5.74, 6) is 4.61. The molecule has 0 spiro atoms. The Morgan fingerprint density at radius 2 is 1.12 bits per heavy atom. The number of hydrogen-bond donors (Lipinski definition) is 0. The molecular weight excluding hydrogens is 1220 g/mol. The molecule has 0 atom stereocenters. The molecule has 0 saturated heterocycles. The average Bonchev–Trinajstić information content (AvgIpc) is 1.80. The number of pyridine rings is 1. The number of aromatic nitrogens is 4. The minimum Gasteiger partial charge on any atom is -0.503 e. The largest absolute Gasteiger partial charge is 0.503 e. The van der Waals surface area contributed by atoms with E-state index >= 15 is 0 Å². The molecule has 4 aliphatic carbocycles. The molecule has 0 aliphatic heterocycles. The van der Waals surface area contributed by atoms with Gasteiger partial charge in [0.15, 0.2) is 0 Å². The Morgan fingerprint density at radius 3 is 1.71 bits per heavy atom. The van der Waals surface area contributed by atoms with Crippen LogP contribution in [-0.4, -0.2) is 14.0 Å². The maximum atomic E-state index is 7.00. The Hall–Kier alpha value is -8.83. The molecule has 0 unspecified atom stereocenters. The number of oxazole rings is 1. The van der Waals surface area contributed by atoms with Crippen molar-refractivity contribution < 1.29 is 34.8 Å². The summed E-state index contributed by atoms with van der Waals surface area (Å²) in [6, 6.07) is 85.4. The maximum Gasteiger partial charge on any atom is 0.272 e. The van der Waals surface area contributed by atoms with E-state index in [1.807, 2.05) is 24.6 Å². The summed E-state index contributed by atoms with van der Waals surface area (Å²) in [5, 5.41) is 2.39. The number of fused-ring (bicyclic) bond motifs is 4. The van der Waals surface area contributed by atoms with Crippen LogP contribution in [0.15, 0.2) is 235 Å². The van der Waals surface area contributed by atoms with Gasteiger partial charge in [-0.3, -0.25) is 8.97 Å². The topological polar surface area (TPSA) is 48.5 Å². The first-order valence-corrected chi connectivity index (χ1v) is 29.8. The minimum absolute atomic E-state index is 0. The van der Waals surface area contributed by atoms with E-state index in [4.69, 9.17) is 14.1 Å². The van der Waals surface area contributed by atoms with E-state index in [1.165, 1.54) is 55.0 Å². The van der Waals surface area contributed by atoms with E-state index in [9.17, 15) is 0 Å². The van der Waals surface area contributed by atoms with Gasteiger partial charge >= 0.3 is 0 Å². The monoisotopic (exact) mass is 1280 g/mol. The molecule has 85 heavy (non-hydrogen) atoms. The Labute approximate surface area is 511 Å². The van der Waals surface area contributed by atoms with Crippen molar-refractivity contribution in [1.29, 1.82) is 0 Å². The standard InChI is InChI=1S/C78H62N4O2.Pt/c1-77(2,3)59-37-38-79-72(44-59)82-69-36-33-60(78-46-51-39-52(47-78)41-53(40-51)48-78)43-68(69)67-35-34-62(45-70(67)82)84-61-28-16-27-58(42-61)71-49-83-76-75(73-63(54-19-8-4-9-20-54)29-17-30-64(73)55-21-10-5-11-22-55)81(50-80(71)76)74-65(56-23-12-6-13-24-56)31-18-32-66(74)57-25-14-7-15-26-57;/h4-38,43-44,49,51-53H,39-41,46-48H2,1-3H3;/q-2;. The maximum absolute atomic E-state index is 7.00. The third-order valence-electron chi connectivity index (χ3n) is 18.7. The van der Waals surface area contributed by atoms with E-state index < -0.39 is 0 Å². The van der Waals surface area contributed by atoms with Gasteiger partial charge in [0.2, 0.25) is 5.71 Å². The number of imidazole rings is 1. The Balaban J connectivity index is 0.00000613. The molecule has 0 amide bonds. The zero-order valence-electron chi connectivity index (χ0n) is 47.8. The molecule has 4 aliphatic rings. The van der Waals surface area contributed by atoms with Gasteiger partial charge in [-0.1, -0.05) is 208 Å². The summed E-state index contributed by atoms with van der Waals surface area (Å²) >= 11 is 0. The second kappa shape index (κ2) is 21.0. The van der Waals surface area contributed by atoms with Gasteiger partial charge in [-0.25, -0.2) is 4.98 Å². The third kappa shape index (κ3) is 9.20. The van der Waals surface area contributed by atoms with Gasteiger partial charge in [-0.05, 0) is 146 Å². The molecule has 9 aromatic carbocycles. The van der Waals surface area contributed by atoms with Gasteiger partial charge in [0.1, 0.15) is 11.5 Å². The molecule has 6 nitrogen and oxygen atoms in total. The summed E-state index contributed by atoms with van der Waals surface area (Å²) in [6.07, 6.45) is 16.0. The quantitative estimate of drug-likeness (QED) is 0.0958. The first-order valence-electron chi connectivity index (χ1n) is 29.8. The van der Waals surface area contributed by atoms with Crippen LogP contribution in [0.3, 0.4) is 0 Å². The molecule has 13 aromatic rings. The Kier molecular flexibility index (Phi) is 13.1. The molecule has 4 heterocycles. The summed E-state index contributed by atoms with van der Waals surface area (Å²) in [6.45, 7) is 6.78. The predicted molar refractivity (Wildman–Crippen MR) is 338 cm³/mol. The normalized spacial score (nSPS) is 18.1. The molecule has 4 aromatic heterocycles. The van der Waals surface area contributed by atoms with Crippen molar-refractivity contribution in [3.63, 3.8) is 0 Å². The Bertz CT molecular complexity index is 4500. The summed E-state index contributed by atoms with van der Waals surface area (Å²) < 4.78 is 20.5. The molecule has 7 heteroatoms. The zero-order chi connectivity index (χ0) is 56.1.